The molecule has 3 rings (SSSR count). The maximum absolute atomic E-state index is 12.3. The van der Waals surface area contributed by atoms with Crippen molar-refractivity contribution in [3.63, 3.8) is 0 Å². The Morgan fingerprint density at radius 3 is 3.00 bits per heavy atom. The summed E-state index contributed by atoms with van der Waals surface area (Å²) in [6.45, 7) is 0. The fourth-order valence-electron chi connectivity index (χ4n) is 2.06. The lowest BCUT2D eigenvalue weighted by atomic mass is 10.1. The predicted octanol–water partition coefficient (Wildman–Crippen LogP) is 3.22. The van der Waals surface area contributed by atoms with Gasteiger partial charge in [0.1, 0.15) is 5.58 Å². The Balaban J connectivity index is 2.34. The quantitative estimate of drug-likeness (QED) is 0.698. The van der Waals surface area contributed by atoms with E-state index >= 15 is 0 Å². The molecule has 82 valence electrons. The van der Waals surface area contributed by atoms with Crippen LogP contribution >= 0.6 is 11.8 Å². The van der Waals surface area contributed by atoms with Crippen LogP contribution in [0.5, 0.6) is 0 Å². The van der Waals surface area contributed by atoms with Crippen molar-refractivity contribution in [3.05, 3.63) is 40.1 Å². The van der Waals surface area contributed by atoms with Crippen molar-refractivity contribution >= 4 is 22.7 Å². The fraction of sp³-hybridized carbons (Fsp3) is 0.308. The minimum Gasteiger partial charge on any atom is -0.449 e. The Hall–Kier alpha value is -1.22. The smallest absolute Gasteiger partial charge is 0.197 e. The number of rotatable bonds is 0. The first-order valence-corrected chi connectivity index (χ1v) is 6.52. The molecule has 0 radical (unpaired) electrons. The van der Waals surface area contributed by atoms with Gasteiger partial charge in [-0.2, -0.15) is 0 Å². The zero-order chi connectivity index (χ0) is 11.0. The Bertz CT molecular complexity index is 586. The molecule has 0 fully saturated rings. The van der Waals surface area contributed by atoms with Crippen molar-refractivity contribution < 1.29 is 4.42 Å². The average molecular weight is 232 g/mol. The normalized spacial score (nSPS) is 15.8. The summed E-state index contributed by atoms with van der Waals surface area (Å²) in [4.78, 5) is 12.3. The second kappa shape index (κ2) is 3.98. The van der Waals surface area contributed by atoms with Gasteiger partial charge in [0.2, 0.25) is 0 Å². The molecule has 3 heteroatoms. The van der Waals surface area contributed by atoms with Gasteiger partial charge in [0.15, 0.2) is 10.5 Å². The summed E-state index contributed by atoms with van der Waals surface area (Å²) < 4.78 is 5.81. The Kier molecular flexibility index (Phi) is 2.48. The van der Waals surface area contributed by atoms with E-state index in [-0.39, 0.29) is 5.43 Å². The van der Waals surface area contributed by atoms with Crippen LogP contribution in [0.2, 0.25) is 0 Å². The maximum Gasteiger partial charge on any atom is 0.197 e. The predicted molar refractivity (Wildman–Crippen MR) is 66.1 cm³/mol. The van der Waals surface area contributed by atoms with Crippen LogP contribution in [-0.4, -0.2) is 5.75 Å². The summed E-state index contributed by atoms with van der Waals surface area (Å²) in [5, 5.41) is 1.55. The number of fused-ring (bicyclic) bond motifs is 2. The first kappa shape index (κ1) is 9.97. The van der Waals surface area contributed by atoms with E-state index in [1.165, 1.54) is 0 Å². The Morgan fingerprint density at radius 2 is 2.06 bits per heavy atom. The van der Waals surface area contributed by atoms with Gasteiger partial charge in [-0.15, -0.1) is 0 Å². The van der Waals surface area contributed by atoms with Gasteiger partial charge in [0.05, 0.1) is 5.39 Å². The fourth-order valence-corrected chi connectivity index (χ4v) is 3.11. The van der Waals surface area contributed by atoms with Crippen LogP contribution in [0, 0.1) is 0 Å². The van der Waals surface area contributed by atoms with E-state index in [1.807, 2.05) is 24.3 Å². The van der Waals surface area contributed by atoms with Crippen LogP contribution in [0.1, 0.15) is 18.4 Å². The molecule has 1 aromatic carbocycles. The summed E-state index contributed by atoms with van der Waals surface area (Å²) in [5.41, 5.74) is 1.74. The third-order valence-corrected chi connectivity index (χ3v) is 3.99. The van der Waals surface area contributed by atoms with Crippen molar-refractivity contribution in [2.45, 2.75) is 24.4 Å². The molecule has 1 aliphatic heterocycles. The molecule has 2 heterocycles. The molecule has 0 atom stereocenters. The molecule has 1 aromatic heterocycles. The molecule has 2 aromatic rings. The van der Waals surface area contributed by atoms with E-state index < -0.39 is 0 Å². The molecular formula is C13H12O2S. The maximum atomic E-state index is 12.3. The first-order valence-electron chi connectivity index (χ1n) is 5.54. The summed E-state index contributed by atoms with van der Waals surface area (Å²) >= 11 is 1.67. The number of hydrogen-bond acceptors (Lipinski definition) is 3. The van der Waals surface area contributed by atoms with Crippen molar-refractivity contribution in [2.24, 2.45) is 0 Å². The number of para-hydroxylation sites is 1. The average Bonchev–Trinajstić information content (AvgIpc) is 2.55. The molecule has 0 spiro atoms. The van der Waals surface area contributed by atoms with E-state index in [4.69, 9.17) is 4.42 Å². The van der Waals surface area contributed by atoms with E-state index in [9.17, 15) is 4.79 Å². The van der Waals surface area contributed by atoms with Gasteiger partial charge >= 0.3 is 0 Å². The van der Waals surface area contributed by atoms with Gasteiger partial charge in [0, 0.05) is 11.3 Å². The number of thioether (sulfide) groups is 1. The van der Waals surface area contributed by atoms with Gasteiger partial charge in [-0.05, 0) is 31.4 Å². The molecule has 0 saturated heterocycles. The molecule has 0 bridgehead atoms. The third kappa shape index (κ3) is 1.55. The van der Waals surface area contributed by atoms with Gasteiger partial charge in [-0.3, -0.25) is 4.79 Å². The molecular weight excluding hydrogens is 220 g/mol. The third-order valence-electron chi connectivity index (χ3n) is 2.91. The lowest BCUT2D eigenvalue weighted by Gasteiger charge is -2.05. The minimum absolute atomic E-state index is 0.159. The van der Waals surface area contributed by atoms with Gasteiger partial charge in [-0.1, -0.05) is 23.9 Å². The van der Waals surface area contributed by atoms with E-state index in [0.717, 1.165) is 35.7 Å². The van der Waals surface area contributed by atoms with Crippen molar-refractivity contribution in [1.82, 2.24) is 0 Å². The zero-order valence-corrected chi connectivity index (χ0v) is 9.68. The van der Waals surface area contributed by atoms with Crippen molar-refractivity contribution in [1.29, 1.82) is 0 Å². The zero-order valence-electron chi connectivity index (χ0n) is 8.86. The summed E-state index contributed by atoms with van der Waals surface area (Å²) in [6.07, 6.45) is 3.10. The standard InChI is InChI=1S/C13H12O2S/c14-12-9-5-1-2-7-11(9)15-13-10(12)6-3-4-8-16-13/h1-2,5,7H,3-4,6,8H2. The molecule has 0 N–H and O–H groups in total. The van der Waals surface area contributed by atoms with Crippen LogP contribution in [0.15, 0.2) is 38.6 Å². The highest BCUT2D eigenvalue weighted by atomic mass is 32.2. The second-order valence-corrected chi connectivity index (χ2v) is 5.07. The largest absolute Gasteiger partial charge is 0.449 e. The Labute approximate surface area is 97.7 Å². The molecule has 16 heavy (non-hydrogen) atoms. The lowest BCUT2D eigenvalue weighted by molar-refractivity contribution is 0.488. The topological polar surface area (TPSA) is 30.2 Å². The monoisotopic (exact) mass is 232 g/mol. The minimum atomic E-state index is 0.159. The molecule has 0 amide bonds. The van der Waals surface area contributed by atoms with E-state index in [1.54, 1.807) is 11.8 Å². The molecule has 2 nitrogen and oxygen atoms in total. The summed E-state index contributed by atoms with van der Waals surface area (Å²) in [5.74, 6) is 1.05. The molecule has 0 saturated carbocycles. The van der Waals surface area contributed by atoms with Gasteiger partial charge in [-0.25, -0.2) is 0 Å². The SMILES string of the molecule is O=c1c2c(oc3ccccc13)SCCCC2. The van der Waals surface area contributed by atoms with Crippen molar-refractivity contribution in [2.75, 3.05) is 5.75 Å². The van der Waals surface area contributed by atoms with E-state index in [2.05, 4.69) is 0 Å². The molecule has 0 unspecified atom stereocenters. The van der Waals surface area contributed by atoms with Crippen LogP contribution < -0.4 is 5.43 Å². The van der Waals surface area contributed by atoms with Gasteiger partial charge in [0.25, 0.3) is 0 Å². The second-order valence-electron chi connectivity index (χ2n) is 4.00. The summed E-state index contributed by atoms with van der Waals surface area (Å²) in [7, 11) is 0. The highest BCUT2D eigenvalue weighted by Crippen LogP contribution is 2.29. The molecule has 1 aliphatic rings. The Morgan fingerprint density at radius 1 is 1.19 bits per heavy atom. The van der Waals surface area contributed by atoms with Crippen LogP contribution in [-0.2, 0) is 6.42 Å². The van der Waals surface area contributed by atoms with E-state index in [0.29, 0.717) is 11.0 Å². The summed E-state index contributed by atoms with van der Waals surface area (Å²) in [6, 6.07) is 7.49. The van der Waals surface area contributed by atoms with Gasteiger partial charge < -0.3 is 4.42 Å². The van der Waals surface area contributed by atoms with Crippen LogP contribution in [0.4, 0.5) is 0 Å². The molecule has 0 aliphatic carbocycles. The van der Waals surface area contributed by atoms with Crippen LogP contribution in [0.25, 0.3) is 11.0 Å². The number of benzene rings is 1. The number of hydrogen-bond donors (Lipinski definition) is 0. The first-order chi connectivity index (χ1) is 7.86. The van der Waals surface area contributed by atoms with Crippen LogP contribution in [0.3, 0.4) is 0 Å². The highest BCUT2D eigenvalue weighted by Gasteiger charge is 2.16. The lowest BCUT2D eigenvalue weighted by Crippen LogP contribution is -2.09. The highest BCUT2D eigenvalue weighted by molar-refractivity contribution is 7.99. The van der Waals surface area contributed by atoms with Crippen molar-refractivity contribution in [3.8, 4) is 0 Å².